The van der Waals surface area contributed by atoms with E-state index in [1.807, 2.05) is 0 Å². The predicted molar refractivity (Wildman–Crippen MR) is 491 cm³/mol. The first-order chi connectivity index (χ1) is 66.0. The third kappa shape index (κ3) is 34.9. The molecule has 15 amide bonds. The second-order valence-electron chi connectivity index (χ2n) is 35.5. The standard InChI is InChI=1S/C95H118F4N16O25/c1-94(2,3)85(71-42-56(60-44-58(96)21-23-62(60)98)50-111(71)48-54-16-10-7-11-17-54)114(81(126)52-116)40-35-65(87(132)102-37-33-77(122)105-67(92(137)138)26-31-83(128)129)108-90(135)69(46-73(100)118)107-76(121)28-25-64(104-75(120)20-14-9-15-39-113-79(124)29-30-80(113)125)89(134)110-70(47-74(101)119)91(136)109-66(88(133)103-38-34-78(123)106-68(93(139)140)27-32-84(130)131)36-41-115(82(127)53-117)86(95(4,5)6)72-43-57(61-45-59(97)22-24-63(61)99)51-112(72)49-55-18-12-8-13-19-55/h7-8,10-13,16-19,21-24,29-30,42-45,50-51,64-70,85-86,116-117H,9,14-15,20,25-28,31-41,46-49,52-53H2,1-6H3,(H2,100,118)(H2,101,119)(H,102,132)(H,103,133)(H,104,120)(H,105,122)(H,106,123)(H,107,121)(H,108,135)(H,109,136)(H,110,134)(H,128,129)(H,130,131)(H,137,138)(H,139,140)/t64-,65-,66-,67+,68+,69-,70-,85-,86-/m0/s1. The van der Waals surface area contributed by atoms with Gasteiger partial charge in [-0.25, -0.2) is 27.2 Å². The Kier molecular flexibility index (Phi) is 42.4. The van der Waals surface area contributed by atoms with Gasteiger partial charge in [-0.3, -0.25) is 86.4 Å². The second-order valence-corrected chi connectivity index (χ2v) is 35.5. The van der Waals surface area contributed by atoms with Crippen molar-refractivity contribution in [2.45, 2.75) is 212 Å². The number of aromatic nitrogens is 2. The van der Waals surface area contributed by atoms with E-state index in [0.717, 1.165) is 63.2 Å². The van der Waals surface area contributed by atoms with E-state index in [0.29, 0.717) is 11.1 Å². The molecule has 0 radical (unpaired) electrons. The number of carbonyl (C=O) groups excluding carboxylic acids is 15. The van der Waals surface area contributed by atoms with E-state index in [1.165, 1.54) is 24.5 Å². The van der Waals surface area contributed by atoms with Crippen LogP contribution in [0.5, 0.6) is 0 Å². The van der Waals surface area contributed by atoms with Gasteiger partial charge in [0.15, 0.2) is 0 Å². The zero-order chi connectivity index (χ0) is 104. The van der Waals surface area contributed by atoms with E-state index in [9.17, 15) is 121 Å². The molecule has 140 heavy (non-hydrogen) atoms. The molecule has 0 unspecified atom stereocenters. The summed E-state index contributed by atoms with van der Waals surface area (Å²) in [5.41, 5.74) is 11.0. The topological polar surface area (TPSA) is 626 Å². The molecule has 3 heterocycles. The van der Waals surface area contributed by atoms with Gasteiger partial charge in [0.25, 0.3) is 11.8 Å². The number of aliphatic hydroxyl groups excluding tert-OH is 2. The van der Waals surface area contributed by atoms with Crippen LogP contribution in [0.1, 0.15) is 179 Å². The smallest absolute Gasteiger partial charge is 0.326 e. The minimum atomic E-state index is -2.19. The summed E-state index contributed by atoms with van der Waals surface area (Å²) in [6, 6.07) is 10.1. The molecule has 1 aliphatic heterocycles. The zero-order valence-electron chi connectivity index (χ0n) is 77.9. The highest BCUT2D eigenvalue weighted by atomic mass is 19.1. The van der Waals surface area contributed by atoms with Gasteiger partial charge in [0.05, 0.1) is 24.9 Å². The Bertz CT molecular complexity index is 5510. The van der Waals surface area contributed by atoms with Crippen molar-refractivity contribution in [3.05, 3.63) is 180 Å². The number of hydrogen-bond donors (Lipinski definition) is 17. The van der Waals surface area contributed by atoms with Crippen molar-refractivity contribution in [1.29, 1.82) is 0 Å². The molecule has 4 aromatic carbocycles. The van der Waals surface area contributed by atoms with Gasteiger partial charge in [0.1, 0.15) is 78.8 Å². The third-order valence-electron chi connectivity index (χ3n) is 22.5. The third-order valence-corrected chi connectivity index (χ3v) is 22.5. The number of imide groups is 1. The lowest BCUT2D eigenvalue weighted by Crippen LogP contribution is -2.58. The number of aliphatic hydroxyl groups is 2. The Balaban J connectivity index is 1.23. The Hall–Kier alpha value is -15.1. The van der Waals surface area contributed by atoms with Crippen molar-refractivity contribution in [3.8, 4) is 22.3 Å². The number of unbranched alkanes of at least 4 members (excludes halogenated alkanes) is 2. The number of carbonyl (C=O) groups is 19. The van der Waals surface area contributed by atoms with Crippen LogP contribution in [0.2, 0.25) is 0 Å². The lowest BCUT2D eigenvalue weighted by Gasteiger charge is -2.41. The largest absolute Gasteiger partial charge is 0.481 e. The number of hydrogen-bond acceptors (Lipinski definition) is 21. The van der Waals surface area contributed by atoms with Crippen molar-refractivity contribution >= 4 is 112 Å². The van der Waals surface area contributed by atoms with Crippen LogP contribution in [-0.4, -0.2) is 255 Å². The van der Waals surface area contributed by atoms with Crippen molar-refractivity contribution < 1.29 is 139 Å². The average molecular weight is 1960 g/mol. The molecule has 0 aliphatic carbocycles. The van der Waals surface area contributed by atoms with E-state index in [1.54, 1.807) is 111 Å². The minimum absolute atomic E-state index is 0.00761. The highest BCUT2D eigenvalue weighted by Crippen LogP contribution is 2.44. The van der Waals surface area contributed by atoms with E-state index < -0.39 is 324 Å². The van der Waals surface area contributed by atoms with E-state index in [4.69, 9.17) is 11.5 Å². The predicted octanol–water partition coefficient (Wildman–Crippen LogP) is 2.89. The maximum atomic E-state index is 15.8. The van der Waals surface area contributed by atoms with Gasteiger partial charge in [-0.15, -0.1) is 0 Å². The minimum Gasteiger partial charge on any atom is -0.481 e. The first kappa shape index (κ1) is 112. The fourth-order valence-corrected chi connectivity index (χ4v) is 15.8. The van der Waals surface area contributed by atoms with Crippen LogP contribution in [0.25, 0.3) is 22.3 Å². The molecule has 756 valence electrons. The van der Waals surface area contributed by atoms with Crippen LogP contribution in [-0.2, 0) is 104 Å². The van der Waals surface area contributed by atoms with Gasteiger partial charge in [0.2, 0.25) is 76.8 Å². The number of rotatable bonds is 57. The maximum absolute atomic E-state index is 15.8. The van der Waals surface area contributed by atoms with Crippen molar-refractivity contribution in [2.75, 3.05) is 45.9 Å². The molecule has 0 bridgehead atoms. The van der Waals surface area contributed by atoms with Crippen LogP contribution in [0.4, 0.5) is 17.6 Å². The molecule has 0 spiro atoms. The number of aliphatic carboxylic acids is 4. The fourth-order valence-electron chi connectivity index (χ4n) is 15.8. The number of nitrogens with one attached hydrogen (secondary N) is 9. The summed E-state index contributed by atoms with van der Waals surface area (Å²) in [5, 5.41) is 80.5. The molecule has 2 aromatic heterocycles. The first-order valence-electron chi connectivity index (χ1n) is 44.9. The summed E-state index contributed by atoms with van der Waals surface area (Å²) in [4.78, 5) is 259. The van der Waals surface area contributed by atoms with Crippen LogP contribution in [0.15, 0.2) is 134 Å². The molecule has 6 aromatic rings. The van der Waals surface area contributed by atoms with E-state index in [-0.39, 0.29) is 72.5 Å². The van der Waals surface area contributed by atoms with Crippen molar-refractivity contribution in [2.24, 2.45) is 22.3 Å². The Morgan fingerprint density at radius 3 is 1.13 bits per heavy atom. The normalized spacial score (nSPS) is 13.8. The lowest BCUT2D eigenvalue weighted by molar-refractivity contribution is -0.144. The Morgan fingerprint density at radius 1 is 0.400 bits per heavy atom. The Morgan fingerprint density at radius 2 is 0.750 bits per heavy atom. The van der Waals surface area contributed by atoms with Gasteiger partial charge >= 0.3 is 23.9 Å². The number of halogens is 4. The quantitative estimate of drug-likeness (QED) is 0.0148. The summed E-state index contributed by atoms with van der Waals surface area (Å²) < 4.78 is 64.7. The van der Waals surface area contributed by atoms with Gasteiger partial charge < -0.3 is 109 Å². The summed E-state index contributed by atoms with van der Waals surface area (Å²) in [6.07, 6.45) is -4.14. The second kappa shape index (κ2) is 53.0. The monoisotopic (exact) mass is 1960 g/mol. The van der Waals surface area contributed by atoms with Gasteiger partial charge in [-0.05, 0) is 115 Å². The molecule has 45 heteroatoms. The molecule has 41 nitrogen and oxygen atoms in total. The molecule has 1 aliphatic rings. The SMILES string of the molecule is CC(C)(C)[C@H](c1cc(-c2cc(F)ccc2F)cn1Cc1ccccc1)N(CC[C@H](NC(=O)[C@H](CC(N)=O)NC(=O)CC[C@H](NC(=O)CCCCCN1C(=O)C=CC1=O)C(=O)N[C@@H](CC(N)=O)C(=O)N[C@@H](CCN(C(=O)CO)[C@@H](c1cc(-c2cc(F)ccc2F)cn1Cc1ccccc1)C(C)(C)C)C(=O)NCCC(=O)N[C@H](CCC(=O)O)C(=O)O)C(=O)NCCC(=O)N[C@H](CCC(=O)O)C(=O)O)C(=O)CO. The van der Waals surface area contributed by atoms with Gasteiger partial charge in [-0.1, -0.05) is 109 Å². The maximum Gasteiger partial charge on any atom is 0.326 e. The number of benzene rings is 4. The summed E-state index contributed by atoms with van der Waals surface area (Å²) in [6.45, 7) is 5.27. The lowest BCUT2D eigenvalue weighted by atomic mass is 9.82. The molecular formula is C95H118F4N16O25. The molecule has 0 saturated carbocycles. The number of carboxylic acids is 4. The molecular weight excluding hydrogens is 1840 g/mol. The van der Waals surface area contributed by atoms with Crippen molar-refractivity contribution in [1.82, 2.24) is 71.7 Å². The highest BCUT2D eigenvalue weighted by molar-refractivity contribution is 6.13. The molecule has 19 N–H and O–H groups in total. The molecule has 7 rings (SSSR count). The fraction of sp³-hybridized carbons (Fsp3) is 0.442. The van der Waals surface area contributed by atoms with Crippen molar-refractivity contribution in [3.63, 3.8) is 0 Å². The summed E-state index contributed by atoms with van der Waals surface area (Å²) in [7, 11) is 0. The number of carboxylic acid groups (broad SMARTS) is 4. The molecule has 0 saturated heterocycles. The number of nitrogens with zero attached hydrogens (tertiary/aromatic N) is 5. The highest BCUT2D eigenvalue weighted by Gasteiger charge is 2.42. The van der Waals surface area contributed by atoms with E-state index in [2.05, 4.69) is 47.9 Å². The Labute approximate surface area is 801 Å². The van der Waals surface area contributed by atoms with Gasteiger partial charge in [-0.2, -0.15) is 0 Å². The average Bonchev–Trinajstić information content (AvgIpc) is 1.60. The van der Waals surface area contributed by atoms with Gasteiger partial charge in [0, 0.05) is 143 Å². The molecule has 9 atom stereocenters. The first-order valence-corrected chi connectivity index (χ1v) is 44.9. The number of primary amides is 2. The van der Waals surface area contributed by atoms with Crippen LogP contribution >= 0.6 is 0 Å². The number of nitrogens with two attached hydrogens (primary N) is 2. The zero-order valence-corrected chi connectivity index (χ0v) is 77.9. The summed E-state index contributed by atoms with van der Waals surface area (Å²) in [5.74, 6) is -25.7. The molecule has 0 fully saturated rings. The summed E-state index contributed by atoms with van der Waals surface area (Å²) >= 11 is 0. The van der Waals surface area contributed by atoms with Crippen LogP contribution < -0.4 is 59.3 Å². The van der Waals surface area contributed by atoms with Crippen LogP contribution in [0.3, 0.4) is 0 Å². The van der Waals surface area contributed by atoms with E-state index >= 15 is 18.4 Å². The van der Waals surface area contributed by atoms with Crippen LogP contribution in [0, 0.1) is 34.1 Å². The number of amides is 15.